The summed E-state index contributed by atoms with van der Waals surface area (Å²) >= 11 is 0. The van der Waals surface area contributed by atoms with E-state index >= 15 is 0 Å². The summed E-state index contributed by atoms with van der Waals surface area (Å²) < 4.78 is 23.8. The molecule has 0 bridgehead atoms. The zero-order valence-corrected chi connectivity index (χ0v) is 23.1. The number of carbonyl (C=O) groups excluding carboxylic acids is 1. The second-order valence-corrected chi connectivity index (χ2v) is 11.5. The van der Waals surface area contributed by atoms with E-state index in [1.807, 2.05) is 27.7 Å². The summed E-state index contributed by atoms with van der Waals surface area (Å²) in [6.07, 6.45) is 17.6. The normalized spacial score (nSPS) is 12.8. The highest BCUT2D eigenvalue weighted by molar-refractivity contribution is 6.62. The van der Waals surface area contributed by atoms with E-state index < -0.39 is 8.80 Å². The van der Waals surface area contributed by atoms with Crippen molar-refractivity contribution >= 4 is 14.8 Å². The van der Waals surface area contributed by atoms with Crippen LogP contribution in [0.4, 0.5) is 0 Å². The van der Waals surface area contributed by atoms with Crippen LogP contribution in [0.2, 0.25) is 5.54 Å². The van der Waals surface area contributed by atoms with Crippen LogP contribution in [-0.4, -0.2) is 41.2 Å². The van der Waals surface area contributed by atoms with Crippen LogP contribution in [0.1, 0.15) is 131 Å². The van der Waals surface area contributed by atoms with Gasteiger partial charge in [0.15, 0.2) is 0 Å². The molecule has 0 aromatic carbocycles. The Bertz CT molecular complexity index is 402. The average molecular weight is 475 g/mol. The summed E-state index contributed by atoms with van der Waals surface area (Å²) in [5.74, 6) is -0.0665. The van der Waals surface area contributed by atoms with Crippen molar-refractivity contribution in [3.8, 4) is 0 Å². The molecule has 6 heteroatoms. The van der Waals surface area contributed by atoms with E-state index in [9.17, 15) is 4.79 Å². The SMILES string of the molecule is CCCCCCCCCC(CCCCCCCC(=O)OCC)[Si](OCC)(OCC)OCC. The summed E-state index contributed by atoms with van der Waals surface area (Å²) in [6.45, 7) is 12.7. The van der Waals surface area contributed by atoms with Crippen molar-refractivity contribution in [2.45, 2.75) is 136 Å². The molecule has 192 valence electrons. The van der Waals surface area contributed by atoms with Crippen molar-refractivity contribution in [2.24, 2.45) is 0 Å². The molecule has 0 saturated heterocycles. The average Bonchev–Trinajstić information content (AvgIpc) is 2.77. The van der Waals surface area contributed by atoms with Crippen LogP contribution in [0.15, 0.2) is 0 Å². The third-order valence-corrected chi connectivity index (χ3v) is 9.58. The van der Waals surface area contributed by atoms with Gasteiger partial charge in [-0.15, -0.1) is 0 Å². The summed E-state index contributed by atoms with van der Waals surface area (Å²) in [4.78, 5) is 11.5. The van der Waals surface area contributed by atoms with E-state index in [0.717, 1.165) is 32.1 Å². The molecular formula is C26H54O5Si. The largest absolute Gasteiger partial charge is 0.504 e. The van der Waals surface area contributed by atoms with E-state index in [0.29, 0.717) is 38.4 Å². The Labute approximate surface area is 200 Å². The summed E-state index contributed by atoms with van der Waals surface area (Å²) in [7, 11) is -2.67. The standard InChI is InChI=1S/C26H54O5Si/c1-6-11-12-13-14-16-19-22-25(32(29-8-3,30-9-4)31-10-5)23-20-17-15-18-21-24-26(27)28-7-2/h25H,6-24H2,1-5H3. The molecule has 0 rings (SSSR count). The monoisotopic (exact) mass is 474 g/mol. The minimum absolute atomic E-state index is 0.0665. The number of carbonyl (C=O) groups is 1. The van der Waals surface area contributed by atoms with Crippen molar-refractivity contribution in [2.75, 3.05) is 26.4 Å². The van der Waals surface area contributed by atoms with Crippen LogP contribution < -0.4 is 0 Å². The van der Waals surface area contributed by atoms with Crippen molar-refractivity contribution < 1.29 is 22.8 Å². The molecule has 5 nitrogen and oxygen atoms in total. The van der Waals surface area contributed by atoms with Gasteiger partial charge in [-0.2, -0.15) is 0 Å². The number of rotatable bonds is 24. The highest BCUT2D eigenvalue weighted by Gasteiger charge is 2.48. The number of esters is 1. The van der Waals surface area contributed by atoms with Gasteiger partial charge in [0.1, 0.15) is 0 Å². The molecule has 0 saturated carbocycles. The molecule has 0 heterocycles. The van der Waals surface area contributed by atoms with Crippen molar-refractivity contribution in [1.82, 2.24) is 0 Å². The predicted octanol–water partition coefficient (Wildman–Crippen LogP) is 7.84. The fourth-order valence-corrected chi connectivity index (χ4v) is 7.63. The number of hydrogen-bond acceptors (Lipinski definition) is 5. The van der Waals surface area contributed by atoms with E-state index in [2.05, 4.69) is 6.92 Å². The smallest absolute Gasteiger partial charge is 0.466 e. The third-order valence-electron chi connectivity index (χ3n) is 5.93. The number of ether oxygens (including phenoxy) is 1. The lowest BCUT2D eigenvalue weighted by molar-refractivity contribution is -0.143. The van der Waals surface area contributed by atoms with Gasteiger partial charge in [0.2, 0.25) is 0 Å². The maximum atomic E-state index is 11.5. The summed E-state index contributed by atoms with van der Waals surface area (Å²) in [5.41, 5.74) is 0.387. The lowest BCUT2D eigenvalue weighted by atomic mass is 10.0. The quantitative estimate of drug-likeness (QED) is 0.0810. The zero-order chi connectivity index (χ0) is 23.9. The molecule has 0 aliphatic heterocycles. The summed E-state index contributed by atoms with van der Waals surface area (Å²) in [5, 5.41) is 0. The highest BCUT2D eigenvalue weighted by Crippen LogP contribution is 2.36. The van der Waals surface area contributed by atoms with E-state index in [4.69, 9.17) is 18.0 Å². The molecular weight excluding hydrogens is 420 g/mol. The molecule has 1 unspecified atom stereocenters. The Hall–Kier alpha value is -0.433. The lowest BCUT2D eigenvalue weighted by Gasteiger charge is -2.35. The van der Waals surface area contributed by atoms with Crippen LogP contribution in [-0.2, 0) is 22.8 Å². The maximum absolute atomic E-state index is 11.5. The molecule has 1 atom stereocenters. The molecule has 32 heavy (non-hydrogen) atoms. The van der Waals surface area contributed by atoms with Crippen LogP contribution in [0.3, 0.4) is 0 Å². The third kappa shape index (κ3) is 15.4. The van der Waals surface area contributed by atoms with E-state index in [1.165, 1.54) is 57.8 Å². The predicted molar refractivity (Wildman–Crippen MR) is 136 cm³/mol. The first kappa shape index (κ1) is 31.6. The molecule has 0 fully saturated rings. The Kier molecular flexibility index (Phi) is 22.1. The van der Waals surface area contributed by atoms with Gasteiger partial charge in [-0.25, -0.2) is 0 Å². The zero-order valence-electron chi connectivity index (χ0n) is 22.1. The molecule has 0 aromatic rings. The Morgan fingerprint density at radius 2 is 1.03 bits per heavy atom. The Morgan fingerprint density at radius 3 is 1.47 bits per heavy atom. The molecule has 0 amide bonds. The van der Waals surface area contributed by atoms with Crippen LogP contribution in [0.5, 0.6) is 0 Å². The number of unbranched alkanes of at least 4 members (excludes halogenated alkanes) is 10. The maximum Gasteiger partial charge on any atom is 0.504 e. The second kappa shape index (κ2) is 22.4. The van der Waals surface area contributed by atoms with Gasteiger partial charge in [-0.3, -0.25) is 4.79 Å². The van der Waals surface area contributed by atoms with Gasteiger partial charge >= 0.3 is 14.8 Å². The van der Waals surface area contributed by atoms with Gasteiger partial charge in [0, 0.05) is 31.8 Å². The summed E-state index contributed by atoms with van der Waals surface area (Å²) in [6, 6.07) is 0. The van der Waals surface area contributed by atoms with Gasteiger partial charge in [-0.05, 0) is 47.0 Å². The second-order valence-electron chi connectivity index (χ2n) is 8.62. The minimum Gasteiger partial charge on any atom is -0.466 e. The molecule has 0 aliphatic carbocycles. The fourth-order valence-electron chi connectivity index (χ4n) is 4.35. The first-order chi connectivity index (χ1) is 15.6. The molecule has 0 aliphatic rings. The topological polar surface area (TPSA) is 54.0 Å². The lowest BCUT2D eigenvalue weighted by Crippen LogP contribution is -2.50. The van der Waals surface area contributed by atoms with Crippen molar-refractivity contribution in [1.29, 1.82) is 0 Å². The Balaban J connectivity index is 4.61. The van der Waals surface area contributed by atoms with Crippen molar-refractivity contribution in [3.63, 3.8) is 0 Å². The number of hydrogen-bond donors (Lipinski definition) is 0. The van der Waals surface area contributed by atoms with Gasteiger partial charge in [0.25, 0.3) is 0 Å². The molecule has 0 N–H and O–H groups in total. The van der Waals surface area contributed by atoms with E-state index in [-0.39, 0.29) is 5.97 Å². The van der Waals surface area contributed by atoms with Crippen LogP contribution >= 0.6 is 0 Å². The van der Waals surface area contributed by atoms with Gasteiger partial charge in [-0.1, -0.05) is 77.6 Å². The minimum atomic E-state index is -2.67. The van der Waals surface area contributed by atoms with Crippen LogP contribution in [0, 0.1) is 0 Å². The molecule has 0 aromatic heterocycles. The van der Waals surface area contributed by atoms with Gasteiger partial charge in [0.05, 0.1) is 6.61 Å². The van der Waals surface area contributed by atoms with Crippen LogP contribution in [0.25, 0.3) is 0 Å². The van der Waals surface area contributed by atoms with E-state index in [1.54, 1.807) is 0 Å². The first-order valence-corrected chi connectivity index (χ1v) is 15.5. The van der Waals surface area contributed by atoms with Crippen molar-refractivity contribution in [3.05, 3.63) is 0 Å². The molecule has 0 spiro atoms. The first-order valence-electron chi connectivity index (χ1n) is 13.7. The molecule has 0 radical (unpaired) electrons. The highest BCUT2D eigenvalue weighted by atomic mass is 28.4. The Morgan fingerprint density at radius 1 is 0.594 bits per heavy atom. The fraction of sp³-hybridized carbons (Fsp3) is 0.962. The van der Waals surface area contributed by atoms with Gasteiger partial charge < -0.3 is 18.0 Å².